The van der Waals surface area contributed by atoms with Crippen molar-refractivity contribution in [3.8, 4) is 15.6 Å². The van der Waals surface area contributed by atoms with Gasteiger partial charge in [-0.15, -0.1) is 22.7 Å². The zero-order valence-corrected chi connectivity index (χ0v) is 17.7. The molecule has 0 aliphatic heterocycles. The largest absolute Gasteiger partial charge is 0.481 e. The van der Waals surface area contributed by atoms with Gasteiger partial charge in [0.1, 0.15) is 15.6 Å². The number of carbonyl (C=O) groups is 2. The van der Waals surface area contributed by atoms with E-state index in [0.29, 0.717) is 16.3 Å². The van der Waals surface area contributed by atoms with Gasteiger partial charge in [-0.2, -0.15) is 0 Å². The smallest absolute Gasteiger partial charge is 0.281 e. The SMILES string of the molecule is Cc1cccc(OC(C)C(=O)NNC(=O)c2sc(-c3cccs3)nc2C)c1C. The van der Waals surface area contributed by atoms with Gasteiger partial charge in [-0.1, -0.05) is 18.2 Å². The first kappa shape index (κ1) is 20.0. The molecule has 8 heteroatoms. The molecule has 2 N–H and O–H groups in total. The molecule has 1 unspecified atom stereocenters. The molecule has 3 rings (SSSR count). The first-order chi connectivity index (χ1) is 13.4. The van der Waals surface area contributed by atoms with Crippen molar-refractivity contribution in [2.75, 3.05) is 0 Å². The van der Waals surface area contributed by atoms with E-state index >= 15 is 0 Å². The van der Waals surface area contributed by atoms with Gasteiger partial charge in [-0.3, -0.25) is 20.4 Å². The molecule has 0 bridgehead atoms. The Hall–Kier alpha value is -2.71. The maximum absolute atomic E-state index is 12.4. The average Bonchev–Trinajstić information content (AvgIpc) is 3.32. The minimum absolute atomic E-state index is 0.398. The number of amides is 2. The lowest BCUT2D eigenvalue weighted by atomic mass is 10.1. The number of ether oxygens (including phenoxy) is 1. The molecule has 0 spiro atoms. The molecular weight excluding hydrogens is 394 g/mol. The lowest BCUT2D eigenvalue weighted by Gasteiger charge is -2.17. The van der Waals surface area contributed by atoms with Gasteiger partial charge >= 0.3 is 0 Å². The summed E-state index contributed by atoms with van der Waals surface area (Å²) in [6.07, 6.45) is -0.759. The van der Waals surface area contributed by atoms with Gasteiger partial charge in [0.2, 0.25) is 0 Å². The van der Waals surface area contributed by atoms with Gasteiger partial charge in [0.15, 0.2) is 6.10 Å². The standard InChI is InChI=1S/C20H21N3O3S2/c1-11-7-5-8-15(12(11)2)26-14(4)18(24)22-23-19(25)17-13(3)21-20(28-17)16-9-6-10-27-16/h5-10,14H,1-4H3,(H,22,24)(H,23,25). The second kappa shape index (κ2) is 8.53. The van der Waals surface area contributed by atoms with Gasteiger partial charge in [0.05, 0.1) is 10.6 Å². The van der Waals surface area contributed by atoms with E-state index in [1.54, 1.807) is 25.2 Å². The molecule has 1 aromatic carbocycles. The predicted octanol–water partition coefficient (Wildman–Crippen LogP) is 4.03. The number of nitrogens with one attached hydrogen (secondary N) is 2. The second-order valence-electron chi connectivity index (χ2n) is 6.31. The Bertz CT molecular complexity index is 996. The lowest BCUT2D eigenvalue weighted by molar-refractivity contribution is -0.128. The molecule has 2 heterocycles. The highest BCUT2D eigenvalue weighted by Crippen LogP contribution is 2.30. The van der Waals surface area contributed by atoms with Crippen molar-refractivity contribution in [3.63, 3.8) is 0 Å². The molecule has 0 fully saturated rings. The molecule has 6 nitrogen and oxygen atoms in total. The highest BCUT2D eigenvalue weighted by atomic mass is 32.1. The van der Waals surface area contributed by atoms with Crippen LogP contribution in [0.5, 0.6) is 5.75 Å². The highest BCUT2D eigenvalue weighted by molar-refractivity contribution is 7.22. The first-order valence-corrected chi connectivity index (χ1v) is 10.4. The molecule has 28 heavy (non-hydrogen) atoms. The maximum atomic E-state index is 12.4. The molecule has 0 saturated carbocycles. The molecule has 2 amide bonds. The van der Waals surface area contributed by atoms with Crippen molar-refractivity contribution >= 4 is 34.5 Å². The number of aromatic nitrogens is 1. The van der Waals surface area contributed by atoms with E-state index in [2.05, 4.69) is 15.8 Å². The summed E-state index contributed by atoms with van der Waals surface area (Å²) in [4.78, 5) is 30.6. The van der Waals surface area contributed by atoms with Gasteiger partial charge in [-0.25, -0.2) is 4.98 Å². The zero-order chi connectivity index (χ0) is 20.3. The number of benzene rings is 1. The number of rotatable bonds is 5. The maximum Gasteiger partial charge on any atom is 0.281 e. The summed E-state index contributed by atoms with van der Waals surface area (Å²) in [5, 5.41) is 2.75. The fourth-order valence-corrected chi connectivity index (χ4v) is 4.24. The molecular formula is C20H21N3O3S2. The average molecular weight is 416 g/mol. The van der Waals surface area contributed by atoms with Crippen LogP contribution >= 0.6 is 22.7 Å². The van der Waals surface area contributed by atoms with E-state index in [9.17, 15) is 9.59 Å². The predicted molar refractivity (Wildman–Crippen MR) is 112 cm³/mol. The lowest BCUT2D eigenvalue weighted by Crippen LogP contribution is -2.47. The van der Waals surface area contributed by atoms with Crippen LogP contribution in [-0.4, -0.2) is 22.9 Å². The van der Waals surface area contributed by atoms with Crippen LogP contribution in [0.2, 0.25) is 0 Å². The number of nitrogens with zero attached hydrogens (tertiary/aromatic N) is 1. The van der Waals surface area contributed by atoms with E-state index in [1.807, 2.05) is 49.6 Å². The van der Waals surface area contributed by atoms with Crippen LogP contribution in [0, 0.1) is 20.8 Å². The van der Waals surface area contributed by atoms with Crippen molar-refractivity contribution in [2.24, 2.45) is 0 Å². The van der Waals surface area contributed by atoms with Crippen molar-refractivity contribution in [1.82, 2.24) is 15.8 Å². The van der Waals surface area contributed by atoms with Crippen LogP contribution in [0.3, 0.4) is 0 Å². The van der Waals surface area contributed by atoms with Gasteiger partial charge < -0.3 is 4.74 Å². The quantitative estimate of drug-likeness (QED) is 0.617. The fourth-order valence-electron chi connectivity index (χ4n) is 2.49. The van der Waals surface area contributed by atoms with Crippen molar-refractivity contribution in [2.45, 2.75) is 33.8 Å². The van der Waals surface area contributed by atoms with Crippen LogP contribution in [0.25, 0.3) is 9.88 Å². The Labute approximate surface area is 171 Å². The summed E-state index contributed by atoms with van der Waals surface area (Å²) in [5.41, 5.74) is 7.56. The summed E-state index contributed by atoms with van der Waals surface area (Å²) < 4.78 is 5.73. The Morgan fingerprint density at radius 3 is 2.61 bits per heavy atom. The molecule has 0 aliphatic rings. The van der Waals surface area contributed by atoms with Gasteiger partial charge in [0, 0.05) is 0 Å². The third-order valence-electron chi connectivity index (χ3n) is 4.26. The topological polar surface area (TPSA) is 80.3 Å². The third kappa shape index (κ3) is 4.40. The van der Waals surface area contributed by atoms with E-state index in [1.165, 1.54) is 11.3 Å². The Morgan fingerprint density at radius 1 is 1.11 bits per heavy atom. The van der Waals surface area contributed by atoms with E-state index < -0.39 is 17.9 Å². The third-order valence-corrected chi connectivity index (χ3v) is 6.46. The van der Waals surface area contributed by atoms with E-state index in [4.69, 9.17) is 4.74 Å². The van der Waals surface area contributed by atoms with Crippen LogP contribution in [-0.2, 0) is 4.79 Å². The summed E-state index contributed by atoms with van der Waals surface area (Å²) >= 11 is 2.86. The fraction of sp³-hybridized carbons (Fsp3) is 0.250. The Morgan fingerprint density at radius 2 is 1.89 bits per heavy atom. The number of thiophene rings is 1. The van der Waals surface area contributed by atoms with Gasteiger partial charge in [0.25, 0.3) is 11.8 Å². The van der Waals surface area contributed by atoms with Crippen molar-refractivity contribution < 1.29 is 14.3 Å². The second-order valence-corrected chi connectivity index (χ2v) is 8.26. The summed E-state index contributed by atoms with van der Waals surface area (Å²) in [6.45, 7) is 7.33. The Balaban J connectivity index is 1.59. The number of hydrazine groups is 1. The van der Waals surface area contributed by atoms with Crippen LogP contribution in [0.4, 0.5) is 0 Å². The molecule has 1 atom stereocenters. The molecule has 2 aromatic heterocycles. The van der Waals surface area contributed by atoms with Gasteiger partial charge in [-0.05, 0) is 56.3 Å². The molecule has 0 saturated heterocycles. The number of aryl methyl sites for hydroxylation is 2. The minimum atomic E-state index is -0.759. The highest BCUT2D eigenvalue weighted by Gasteiger charge is 2.20. The van der Waals surface area contributed by atoms with Crippen LogP contribution < -0.4 is 15.6 Å². The first-order valence-electron chi connectivity index (χ1n) is 8.71. The number of carbonyl (C=O) groups excluding carboxylic acids is 2. The molecule has 0 aliphatic carbocycles. The normalized spacial score (nSPS) is 11.7. The zero-order valence-electron chi connectivity index (χ0n) is 16.0. The molecule has 146 valence electrons. The summed E-state index contributed by atoms with van der Waals surface area (Å²) in [5.74, 6) is -0.187. The van der Waals surface area contributed by atoms with Crippen LogP contribution in [0.1, 0.15) is 33.4 Å². The van der Waals surface area contributed by atoms with Crippen molar-refractivity contribution in [3.05, 3.63) is 57.4 Å². The molecule has 0 radical (unpaired) electrons. The van der Waals surface area contributed by atoms with Crippen molar-refractivity contribution in [1.29, 1.82) is 0 Å². The number of hydrogen-bond acceptors (Lipinski definition) is 6. The van der Waals surface area contributed by atoms with Crippen LogP contribution in [0.15, 0.2) is 35.7 Å². The summed E-state index contributed by atoms with van der Waals surface area (Å²) in [7, 11) is 0. The Kier molecular flexibility index (Phi) is 6.11. The number of thiazole rings is 1. The minimum Gasteiger partial charge on any atom is -0.481 e. The monoisotopic (exact) mass is 415 g/mol. The van der Waals surface area contributed by atoms with E-state index in [-0.39, 0.29) is 0 Å². The van der Waals surface area contributed by atoms with E-state index in [0.717, 1.165) is 21.0 Å². The number of hydrogen-bond donors (Lipinski definition) is 2. The summed E-state index contributed by atoms with van der Waals surface area (Å²) in [6, 6.07) is 9.57. The molecule has 3 aromatic rings.